The third-order valence-corrected chi connectivity index (χ3v) is 11.7. The van der Waals surface area contributed by atoms with Gasteiger partial charge in [0.2, 0.25) is 0 Å². The predicted molar refractivity (Wildman–Crippen MR) is 212 cm³/mol. The molecule has 0 radical (unpaired) electrons. The van der Waals surface area contributed by atoms with Gasteiger partial charge in [-0.15, -0.1) is 0 Å². The Morgan fingerprint density at radius 3 is 1.71 bits per heavy atom. The lowest BCUT2D eigenvalue weighted by Crippen LogP contribution is -2.36. The summed E-state index contributed by atoms with van der Waals surface area (Å²) in [5.74, 6) is -0.305. The molecule has 0 aromatic heterocycles. The van der Waals surface area contributed by atoms with Crippen molar-refractivity contribution in [2.75, 3.05) is 66.8 Å². The Kier molecular flexibility index (Phi) is 46.1. The first kappa shape index (κ1) is 54.2. The molecule has 0 saturated carbocycles. The largest absolute Gasteiger partial charge is 0.456 e. The van der Waals surface area contributed by atoms with Crippen LogP contribution in [0.1, 0.15) is 84.0 Å². The number of carbonyl (C=O) groups excluding carboxylic acids is 2. The number of unbranched alkanes of at least 4 members (excludes halogenated alkanes) is 7. The van der Waals surface area contributed by atoms with Gasteiger partial charge in [-0.25, -0.2) is 4.79 Å². The second-order valence-corrected chi connectivity index (χ2v) is 21.9. The Hall–Kier alpha value is -0.586. The van der Waals surface area contributed by atoms with Crippen molar-refractivity contribution in [3.8, 4) is 0 Å². The minimum Gasteiger partial charge on any atom is -0.456 e. The molecule has 0 heterocycles. The number of nitrogens with two attached hydrogens (primary N) is 4. The van der Waals surface area contributed by atoms with Gasteiger partial charge in [-0.1, -0.05) is 76.5 Å². The highest BCUT2D eigenvalue weighted by molar-refractivity contribution is 7.88. The summed E-state index contributed by atoms with van der Waals surface area (Å²) < 4.78 is 27.5. The molecule has 0 aliphatic rings. The average molecular weight is 762 g/mol. The normalized spacial score (nSPS) is 11.5. The first-order valence-corrected chi connectivity index (χ1v) is 25.5. The van der Waals surface area contributed by atoms with E-state index in [1.165, 1.54) is 12.5 Å². The second-order valence-electron chi connectivity index (χ2n) is 12.7. The van der Waals surface area contributed by atoms with E-state index in [-0.39, 0.29) is 19.2 Å². The maximum absolute atomic E-state index is 12.3. The number of hydrogen-bond donors (Lipinski definition) is 5. The standard InChI is InChI=1S/C24H51N3O7Si.C6H17NSi.C2H7N.HPS/c1-30-35(3,31-2)19-13-18-32-20-22(34-23(28)14-9-5-4-6-10-15-25)21-33-24(29)27-17-12-8-7-11-16-26;1-8(2,3)6-4-5-7;1-2-3;1-2/h22H,4-21,25-26H2,1-3H3,(H,27,29);4-7H2,1-3H3;2-3H2,1H3;1H. The highest BCUT2D eigenvalue weighted by Crippen LogP contribution is 2.14. The molecule has 0 spiro atoms. The number of carbonyl (C=O) groups is 2. The van der Waals surface area contributed by atoms with Gasteiger partial charge >= 0.3 is 20.6 Å². The monoisotopic (exact) mass is 761 g/mol. The molecule has 1 amide bonds. The molecule has 0 saturated heterocycles. The lowest BCUT2D eigenvalue weighted by atomic mass is 10.1. The molecule has 1 atom stereocenters. The van der Waals surface area contributed by atoms with Crippen LogP contribution in [0.15, 0.2) is 0 Å². The molecule has 0 aromatic carbocycles. The van der Waals surface area contributed by atoms with E-state index < -0.39 is 28.8 Å². The summed E-state index contributed by atoms with van der Waals surface area (Å²) in [5, 5.41) is 2.73. The molecule has 12 nitrogen and oxygen atoms in total. The molecule has 1 unspecified atom stereocenters. The first-order chi connectivity index (χ1) is 22.9. The van der Waals surface area contributed by atoms with Crippen LogP contribution in [-0.2, 0) is 39.7 Å². The van der Waals surface area contributed by atoms with Crippen molar-refractivity contribution in [2.24, 2.45) is 22.9 Å². The third kappa shape index (κ3) is 45.4. The van der Waals surface area contributed by atoms with Crippen LogP contribution >= 0.6 is 8.02 Å². The fraction of sp³-hybridized carbons (Fsp3) is 0.938. The van der Waals surface area contributed by atoms with E-state index in [1.54, 1.807) is 14.2 Å². The van der Waals surface area contributed by atoms with Gasteiger partial charge < -0.3 is 51.3 Å². The predicted octanol–water partition coefficient (Wildman–Crippen LogP) is 5.44. The Morgan fingerprint density at radius 1 is 0.729 bits per heavy atom. The summed E-state index contributed by atoms with van der Waals surface area (Å²) in [7, 11) is 2.98. The van der Waals surface area contributed by atoms with Crippen molar-refractivity contribution in [1.29, 1.82) is 0 Å². The highest BCUT2D eigenvalue weighted by atomic mass is 32.4. The molecule has 0 aliphatic heterocycles. The molecule has 16 heteroatoms. The smallest absolute Gasteiger partial charge is 0.407 e. The van der Waals surface area contributed by atoms with Gasteiger partial charge in [0.15, 0.2) is 6.10 Å². The van der Waals surface area contributed by atoms with Crippen LogP contribution in [0.5, 0.6) is 0 Å². The van der Waals surface area contributed by atoms with Crippen molar-refractivity contribution in [1.82, 2.24) is 5.32 Å². The molecule has 9 N–H and O–H groups in total. The molecule has 0 aliphatic carbocycles. The third-order valence-electron chi connectivity index (χ3n) is 6.90. The Bertz CT molecular complexity index is 702. The van der Waals surface area contributed by atoms with Crippen LogP contribution in [0.4, 0.5) is 4.79 Å². The molecule has 290 valence electrons. The summed E-state index contributed by atoms with van der Waals surface area (Å²) >= 11 is 3.89. The van der Waals surface area contributed by atoms with Gasteiger partial charge in [0.1, 0.15) is 6.61 Å². The van der Waals surface area contributed by atoms with Gasteiger partial charge in [-0.3, -0.25) is 4.79 Å². The molecule has 48 heavy (non-hydrogen) atoms. The van der Waals surface area contributed by atoms with E-state index in [0.29, 0.717) is 32.7 Å². The number of esters is 1. The molecule has 0 rings (SSSR count). The Morgan fingerprint density at radius 2 is 1.23 bits per heavy atom. The lowest BCUT2D eigenvalue weighted by molar-refractivity contribution is -0.155. The maximum Gasteiger partial charge on any atom is 0.407 e. The summed E-state index contributed by atoms with van der Waals surface area (Å²) in [4.78, 5) is 24.3. The van der Waals surface area contributed by atoms with Crippen molar-refractivity contribution >= 4 is 48.5 Å². The van der Waals surface area contributed by atoms with Gasteiger partial charge in [0.05, 0.1) is 6.61 Å². The van der Waals surface area contributed by atoms with E-state index in [2.05, 4.69) is 44.8 Å². The molecular formula is C32H76N5O7PSSi2. The van der Waals surface area contributed by atoms with E-state index >= 15 is 0 Å². The van der Waals surface area contributed by atoms with Crippen LogP contribution in [0.25, 0.3) is 0 Å². The zero-order chi connectivity index (χ0) is 37.5. The number of nitrogens with one attached hydrogen (secondary N) is 1. The highest BCUT2D eigenvalue weighted by Gasteiger charge is 2.28. The van der Waals surface area contributed by atoms with E-state index in [1.807, 2.05) is 13.5 Å². The van der Waals surface area contributed by atoms with E-state index in [4.69, 9.17) is 46.0 Å². The van der Waals surface area contributed by atoms with Gasteiger partial charge in [0, 0.05) is 41.9 Å². The quantitative estimate of drug-likeness (QED) is 0.0308. The van der Waals surface area contributed by atoms with Crippen LogP contribution in [0.2, 0.25) is 38.3 Å². The van der Waals surface area contributed by atoms with Gasteiger partial charge in [0.25, 0.3) is 0 Å². The summed E-state index contributed by atoms with van der Waals surface area (Å²) in [5.41, 5.74) is 21.2. The zero-order valence-electron chi connectivity index (χ0n) is 31.7. The lowest BCUT2D eigenvalue weighted by Gasteiger charge is -2.23. The Balaban J connectivity index is -0.000000628. The number of amides is 1. The van der Waals surface area contributed by atoms with Crippen LogP contribution < -0.4 is 28.3 Å². The van der Waals surface area contributed by atoms with E-state index in [0.717, 1.165) is 83.3 Å². The van der Waals surface area contributed by atoms with Crippen LogP contribution in [0, 0.1) is 0 Å². The SMILES string of the molecule is CCN.CO[Si](C)(CCCOCC(COC(=O)NCCCCCCN)OC(=O)CCCCCCCN)OC.C[Si](C)(C)CCCN.P=S. The number of hydrogen-bond acceptors (Lipinski definition) is 12. The van der Waals surface area contributed by atoms with Crippen molar-refractivity contribution in [3.05, 3.63) is 0 Å². The number of rotatable bonds is 27. The summed E-state index contributed by atoms with van der Waals surface area (Å²) in [6, 6.07) is 2.17. The number of ether oxygens (including phenoxy) is 3. The van der Waals surface area contributed by atoms with Crippen molar-refractivity contribution in [3.63, 3.8) is 0 Å². The average Bonchev–Trinajstić information content (AvgIpc) is 3.06. The number of alkyl carbamates (subject to hydrolysis) is 1. The molecule has 0 fully saturated rings. The van der Waals surface area contributed by atoms with Gasteiger partial charge in [-0.05, 0) is 85.3 Å². The fourth-order valence-electron chi connectivity index (χ4n) is 3.97. The Labute approximate surface area is 303 Å². The minimum absolute atomic E-state index is 0.0517. The molecule has 0 aromatic rings. The molecule has 0 bridgehead atoms. The summed E-state index contributed by atoms with van der Waals surface area (Å²) in [6.45, 7) is 15.2. The van der Waals surface area contributed by atoms with Gasteiger partial charge in [-0.2, -0.15) is 0 Å². The van der Waals surface area contributed by atoms with E-state index in [9.17, 15) is 9.59 Å². The van der Waals surface area contributed by atoms with Crippen LogP contribution in [0.3, 0.4) is 0 Å². The zero-order valence-corrected chi connectivity index (χ0v) is 35.5. The minimum atomic E-state index is -2.14. The van der Waals surface area contributed by atoms with Crippen molar-refractivity contribution in [2.45, 2.75) is 128 Å². The maximum atomic E-state index is 12.3. The topological polar surface area (TPSA) is 196 Å². The van der Waals surface area contributed by atoms with Crippen molar-refractivity contribution < 1.29 is 32.7 Å². The first-order valence-electron chi connectivity index (χ1n) is 17.7. The molecular weight excluding hydrogens is 686 g/mol. The fourth-order valence-corrected chi connectivity index (χ4v) is 6.59. The summed E-state index contributed by atoms with van der Waals surface area (Å²) in [6.07, 6.45) is 9.91. The second kappa shape index (κ2) is 40.8. The van der Waals surface area contributed by atoms with Crippen LogP contribution in [-0.4, -0.2) is 102 Å².